The van der Waals surface area contributed by atoms with Gasteiger partial charge in [-0.05, 0) is 56.7 Å². The maximum atomic E-state index is 4.65. The van der Waals surface area contributed by atoms with Crippen LogP contribution < -0.4 is 5.32 Å². The lowest BCUT2D eigenvalue weighted by atomic mass is 9.69. The molecule has 1 heterocycles. The minimum Gasteiger partial charge on any atom is -0.319 e. The van der Waals surface area contributed by atoms with Gasteiger partial charge in [-0.15, -0.1) is 0 Å². The minimum absolute atomic E-state index is 0.639. The summed E-state index contributed by atoms with van der Waals surface area (Å²) in [6, 6.07) is 2.20. The fourth-order valence-electron chi connectivity index (χ4n) is 3.37. The first-order valence-electron chi connectivity index (χ1n) is 7.26. The van der Waals surface area contributed by atoms with E-state index in [1.165, 1.54) is 25.0 Å². The van der Waals surface area contributed by atoms with Gasteiger partial charge in [0.1, 0.15) is 0 Å². The van der Waals surface area contributed by atoms with Crippen LogP contribution in [0.5, 0.6) is 0 Å². The molecule has 0 aliphatic heterocycles. The van der Waals surface area contributed by atoms with E-state index < -0.39 is 0 Å². The van der Waals surface area contributed by atoms with Crippen LogP contribution in [0.15, 0.2) is 12.3 Å². The predicted octanol–water partition coefficient (Wildman–Crippen LogP) is 2.80. The Morgan fingerprint density at radius 1 is 1.44 bits per heavy atom. The van der Waals surface area contributed by atoms with Crippen molar-refractivity contribution in [3.8, 4) is 0 Å². The summed E-state index contributed by atoms with van der Waals surface area (Å²) in [5.74, 6) is 3.05. The summed E-state index contributed by atoms with van der Waals surface area (Å²) in [5, 5.41) is 8.00. The monoisotopic (exact) mass is 249 g/mol. The molecule has 0 radical (unpaired) electrons. The molecule has 1 aliphatic rings. The molecule has 0 amide bonds. The minimum atomic E-state index is 0.639. The summed E-state index contributed by atoms with van der Waals surface area (Å²) in [4.78, 5) is 0. The molecule has 1 saturated carbocycles. The summed E-state index contributed by atoms with van der Waals surface area (Å²) in [6.45, 7) is 5.84. The zero-order chi connectivity index (χ0) is 13.1. The third-order valence-corrected chi connectivity index (χ3v) is 4.56. The normalized spacial score (nSPS) is 28.8. The van der Waals surface area contributed by atoms with Gasteiger partial charge in [-0.3, -0.25) is 4.68 Å². The third kappa shape index (κ3) is 2.94. The first-order valence-corrected chi connectivity index (χ1v) is 7.26. The topological polar surface area (TPSA) is 29.9 Å². The molecular weight excluding hydrogens is 222 g/mol. The molecule has 102 valence electrons. The van der Waals surface area contributed by atoms with Crippen molar-refractivity contribution < 1.29 is 0 Å². The van der Waals surface area contributed by atoms with E-state index in [9.17, 15) is 0 Å². The van der Waals surface area contributed by atoms with E-state index in [4.69, 9.17) is 0 Å². The second-order valence-corrected chi connectivity index (χ2v) is 6.16. The number of aryl methyl sites for hydroxylation is 1. The lowest BCUT2D eigenvalue weighted by molar-refractivity contribution is 0.189. The Labute approximate surface area is 111 Å². The average molecular weight is 249 g/mol. The summed E-state index contributed by atoms with van der Waals surface area (Å²) in [7, 11) is 4.07. The molecule has 3 atom stereocenters. The van der Waals surface area contributed by atoms with Crippen LogP contribution in [0.2, 0.25) is 0 Å². The van der Waals surface area contributed by atoms with Crippen LogP contribution >= 0.6 is 0 Å². The van der Waals surface area contributed by atoms with Crippen LogP contribution in [0, 0.1) is 17.8 Å². The van der Waals surface area contributed by atoms with Gasteiger partial charge in [0, 0.05) is 19.2 Å². The Balaban J connectivity index is 2.14. The summed E-state index contributed by atoms with van der Waals surface area (Å²) in [5.41, 5.74) is 1.29. The molecular formula is C15H27N3. The van der Waals surface area contributed by atoms with Gasteiger partial charge in [0.05, 0.1) is 5.69 Å². The average Bonchev–Trinajstić information content (AvgIpc) is 2.76. The third-order valence-electron chi connectivity index (χ3n) is 4.56. The predicted molar refractivity (Wildman–Crippen MR) is 75.5 cm³/mol. The van der Waals surface area contributed by atoms with E-state index in [2.05, 4.69) is 43.6 Å². The van der Waals surface area contributed by atoms with Gasteiger partial charge in [-0.2, -0.15) is 5.10 Å². The lowest BCUT2D eigenvalue weighted by Gasteiger charge is -2.37. The van der Waals surface area contributed by atoms with Crippen molar-refractivity contribution in [2.24, 2.45) is 24.8 Å². The number of hydrogen-bond acceptors (Lipinski definition) is 2. The highest BCUT2D eigenvalue weighted by Crippen LogP contribution is 2.42. The van der Waals surface area contributed by atoms with E-state index in [1.807, 2.05) is 11.7 Å². The second kappa shape index (κ2) is 5.87. The van der Waals surface area contributed by atoms with Crippen LogP contribution in [0.4, 0.5) is 0 Å². The first-order chi connectivity index (χ1) is 8.61. The molecule has 2 rings (SSSR count). The number of aromatic nitrogens is 2. The molecule has 3 heteroatoms. The van der Waals surface area contributed by atoms with Crippen LogP contribution in [-0.2, 0) is 7.05 Å². The SMILES string of the molecule is CNCC1CCC(C(C)C)CC1c1ccn(C)n1. The zero-order valence-electron chi connectivity index (χ0n) is 12.2. The second-order valence-electron chi connectivity index (χ2n) is 6.16. The van der Waals surface area contributed by atoms with Crippen molar-refractivity contribution in [2.45, 2.75) is 39.0 Å². The molecule has 0 bridgehead atoms. The Morgan fingerprint density at radius 2 is 2.22 bits per heavy atom. The highest BCUT2D eigenvalue weighted by Gasteiger charge is 2.33. The van der Waals surface area contributed by atoms with E-state index >= 15 is 0 Å². The number of hydrogen-bond donors (Lipinski definition) is 1. The molecule has 1 N–H and O–H groups in total. The quantitative estimate of drug-likeness (QED) is 0.889. The van der Waals surface area contributed by atoms with E-state index in [1.54, 1.807) is 0 Å². The molecule has 1 aromatic rings. The van der Waals surface area contributed by atoms with Crippen molar-refractivity contribution in [2.75, 3.05) is 13.6 Å². The molecule has 0 aromatic carbocycles. The van der Waals surface area contributed by atoms with Crippen LogP contribution in [0.1, 0.15) is 44.7 Å². The molecule has 0 spiro atoms. The highest BCUT2D eigenvalue weighted by atomic mass is 15.2. The smallest absolute Gasteiger partial charge is 0.0658 e. The Kier molecular flexibility index (Phi) is 4.44. The van der Waals surface area contributed by atoms with Gasteiger partial charge in [-0.1, -0.05) is 13.8 Å². The van der Waals surface area contributed by atoms with Crippen molar-refractivity contribution in [1.82, 2.24) is 15.1 Å². The molecule has 18 heavy (non-hydrogen) atoms. The van der Waals surface area contributed by atoms with Gasteiger partial charge in [0.2, 0.25) is 0 Å². The van der Waals surface area contributed by atoms with Gasteiger partial charge in [0.25, 0.3) is 0 Å². The molecule has 3 unspecified atom stereocenters. The Morgan fingerprint density at radius 3 is 2.78 bits per heavy atom. The van der Waals surface area contributed by atoms with Crippen molar-refractivity contribution in [1.29, 1.82) is 0 Å². The summed E-state index contributed by atoms with van der Waals surface area (Å²) < 4.78 is 1.94. The lowest BCUT2D eigenvalue weighted by Crippen LogP contribution is -2.32. The van der Waals surface area contributed by atoms with E-state index in [0.29, 0.717) is 5.92 Å². The van der Waals surface area contributed by atoms with E-state index in [-0.39, 0.29) is 0 Å². The molecule has 1 fully saturated rings. The van der Waals surface area contributed by atoms with Crippen molar-refractivity contribution >= 4 is 0 Å². The Hall–Kier alpha value is -0.830. The molecule has 1 aliphatic carbocycles. The van der Waals surface area contributed by atoms with Crippen LogP contribution in [-0.4, -0.2) is 23.4 Å². The molecule has 1 aromatic heterocycles. The van der Waals surface area contributed by atoms with Crippen LogP contribution in [0.25, 0.3) is 0 Å². The van der Waals surface area contributed by atoms with Gasteiger partial charge in [0.15, 0.2) is 0 Å². The number of rotatable bonds is 4. The standard InChI is InChI=1S/C15H27N3/c1-11(2)12-5-6-13(10-16-3)14(9-12)15-7-8-18(4)17-15/h7-8,11-14,16H,5-6,9-10H2,1-4H3. The number of nitrogens with zero attached hydrogens (tertiary/aromatic N) is 2. The zero-order valence-corrected chi connectivity index (χ0v) is 12.2. The molecule has 0 saturated heterocycles. The number of nitrogens with one attached hydrogen (secondary N) is 1. The first kappa shape index (κ1) is 13.6. The maximum absolute atomic E-state index is 4.65. The van der Waals surface area contributed by atoms with Gasteiger partial charge < -0.3 is 5.32 Å². The fourth-order valence-corrected chi connectivity index (χ4v) is 3.37. The fraction of sp³-hybridized carbons (Fsp3) is 0.800. The summed E-state index contributed by atoms with van der Waals surface area (Å²) in [6.07, 6.45) is 6.10. The van der Waals surface area contributed by atoms with E-state index in [0.717, 1.165) is 24.3 Å². The Bertz CT molecular complexity index is 370. The van der Waals surface area contributed by atoms with Crippen LogP contribution in [0.3, 0.4) is 0 Å². The largest absolute Gasteiger partial charge is 0.319 e. The van der Waals surface area contributed by atoms with Gasteiger partial charge in [-0.25, -0.2) is 0 Å². The maximum Gasteiger partial charge on any atom is 0.0658 e. The highest BCUT2D eigenvalue weighted by molar-refractivity contribution is 5.10. The van der Waals surface area contributed by atoms with Crippen molar-refractivity contribution in [3.63, 3.8) is 0 Å². The summed E-state index contributed by atoms with van der Waals surface area (Å²) >= 11 is 0. The van der Waals surface area contributed by atoms with Crippen molar-refractivity contribution in [3.05, 3.63) is 18.0 Å². The van der Waals surface area contributed by atoms with Gasteiger partial charge >= 0.3 is 0 Å². The molecule has 3 nitrogen and oxygen atoms in total.